The molecule has 0 heterocycles. The number of allylic oxidation sites excluding steroid dienone is 1. The number of carbonyl (C=O) groups is 1. The number of hydrogen-bond acceptors (Lipinski definition) is 3. The minimum Gasteiger partial charge on any atom is -0.453 e. The number of unbranched alkanes of at least 4 members (excludes halogenated alkanes) is 2. The van der Waals surface area contributed by atoms with Crippen molar-refractivity contribution in [2.75, 3.05) is 6.61 Å². The molecule has 1 saturated carbocycles. The molecule has 0 radical (unpaired) electrons. The molecule has 1 fully saturated rings. The van der Waals surface area contributed by atoms with Crippen molar-refractivity contribution in [1.82, 2.24) is 0 Å². The second-order valence-electron chi connectivity index (χ2n) is 6.59. The molecule has 130 valence electrons. The molecule has 0 aromatic heterocycles. The van der Waals surface area contributed by atoms with Crippen LogP contribution in [0.1, 0.15) is 72.1 Å². The van der Waals surface area contributed by atoms with Gasteiger partial charge in [-0.05, 0) is 32.1 Å². The summed E-state index contributed by atoms with van der Waals surface area (Å²) < 4.78 is 4.85. The first kappa shape index (κ1) is 19.8. The molecule has 1 rings (SSSR count). The van der Waals surface area contributed by atoms with Crippen molar-refractivity contribution in [2.24, 2.45) is 11.8 Å². The number of aliphatic hydroxyl groups is 1. The summed E-state index contributed by atoms with van der Waals surface area (Å²) in [5.74, 6) is 5.74. The predicted molar refractivity (Wildman–Crippen MR) is 93.8 cm³/mol. The van der Waals surface area contributed by atoms with Gasteiger partial charge < -0.3 is 9.84 Å². The van der Waals surface area contributed by atoms with Crippen molar-refractivity contribution >= 4 is 5.97 Å². The van der Waals surface area contributed by atoms with Crippen molar-refractivity contribution in [3.63, 3.8) is 0 Å². The average molecular weight is 320 g/mol. The Bertz CT molecular complexity index is 438. The molecular formula is C20H32O3. The predicted octanol–water partition coefficient (Wildman–Crippen LogP) is 4.25. The lowest BCUT2D eigenvalue weighted by atomic mass is 9.71. The molecule has 2 atom stereocenters. The highest BCUT2D eigenvalue weighted by molar-refractivity contribution is 5.66. The minimum absolute atomic E-state index is 0.0972. The number of ether oxygens (including phenoxy) is 1. The van der Waals surface area contributed by atoms with Crippen LogP contribution >= 0.6 is 0 Å². The van der Waals surface area contributed by atoms with E-state index in [0.29, 0.717) is 0 Å². The molecule has 0 amide bonds. The first-order valence-corrected chi connectivity index (χ1v) is 9.02. The number of rotatable bonds is 7. The molecule has 1 aliphatic rings. The van der Waals surface area contributed by atoms with Crippen molar-refractivity contribution in [3.8, 4) is 11.8 Å². The van der Waals surface area contributed by atoms with E-state index in [2.05, 4.69) is 24.8 Å². The van der Waals surface area contributed by atoms with Gasteiger partial charge in [0.2, 0.25) is 0 Å². The molecular weight excluding hydrogens is 288 g/mol. The van der Waals surface area contributed by atoms with Crippen LogP contribution in [0.4, 0.5) is 0 Å². The van der Waals surface area contributed by atoms with Gasteiger partial charge in [0.1, 0.15) is 0 Å². The Kier molecular flexibility index (Phi) is 9.02. The molecule has 3 nitrogen and oxygen atoms in total. The fourth-order valence-corrected chi connectivity index (χ4v) is 3.24. The third-order valence-corrected chi connectivity index (χ3v) is 4.73. The van der Waals surface area contributed by atoms with E-state index in [1.807, 2.05) is 13.0 Å². The molecule has 0 unspecified atom stereocenters. The summed E-state index contributed by atoms with van der Waals surface area (Å²) in [4.78, 5) is 10.8. The fourth-order valence-electron chi connectivity index (χ4n) is 3.24. The molecule has 3 heteroatoms. The van der Waals surface area contributed by atoms with Gasteiger partial charge in [-0.25, -0.2) is 0 Å². The van der Waals surface area contributed by atoms with Crippen LogP contribution in [0.5, 0.6) is 0 Å². The summed E-state index contributed by atoms with van der Waals surface area (Å²) in [5, 5.41) is 11.3. The van der Waals surface area contributed by atoms with E-state index in [1.54, 1.807) is 0 Å². The van der Waals surface area contributed by atoms with Gasteiger partial charge in [-0.15, -0.1) is 0 Å². The van der Waals surface area contributed by atoms with Crippen LogP contribution < -0.4 is 0 Å². The molecule has 0 spiro atoms. The van der Waals surface area contributed by atoms with Crippen LogP contribution in [-0.4, -0.2) is 23.3 Å². The maximum Gasteiger partial charge on any atom is 0.303 e. The van der Waals surface area contributed by atoms with E-state index >= 15 is 0 Å². The summed E-state index contributed by atoms with van der Waals surface area (Å²) >= 11 is 0. The Morgan fingerprint density at radius 1 is 1.39 bits per heavy atom. The largest absolute Gasteiger partial charge is 0.453 e. The van der Waals surface area contributed by atoms with Gasteiger partial charge in [0, 0.05) is 6.92 Å². The van der Waals surface area contributed by atoms with Crippen LogP contribution in [-0.2, 0) is 9.53 Å². The average Bonchev–Trinajstić information content (AvgIpc) is 2.55. The van der Waals surface area contributed by atoms with Crippen molar-refractivity contribution < 1.29 is 14.6 Å². The van der Waals surface area contributed by atoms with Gasteiger partial charge in [-0.3, -0.25) is 4.79 Å². The first-order chi connectivity index (χ1) is 11.0. The van der Waals surface area contributed by atoms with Gasteiger partial charge in [0.05, 0.1) is 11.5 Å². The van der Waals surface area contributed by atoms with Gasteiger partial charge >= 0.3 is 5.97 Å². The number of hydrogen-bond donors (Lipinski definition) is 1. The van der Waals surface area contributed by atoms with Gasteiger partial charge in [0.15, 0.2) is 6.61 Å². The summed E-state index contributed by atoms with van der Waals surface area (Å²) in [6.07, 6.45) is 13.2. The second kappa shape index (κ2) is 10.5. The molecule has 0 bridgehead atoms. The summed E-state index contributed by atoms with van der Waals surface area (Å²) in [6, 6.07) is 0. The van der Waals surface area contributed by atoms with E-state index in [1.165, 1.54) is 26.2 Å². The molecule has 0 saturated heterocycles. The Morgan fingerprint density at radius 2 is 2.09 bits per heavy atom. The quantitative estimate of drug-likeness (QED) is 0.330. The van der Waals surface area contributed by atoms with Gasteiger partial charge in [-0.1, -0.05) is 63.0 Å². The highest BCUT2D eigenvalue weighted by atomic mass is 16.5. The third kappa shape index (κ3) is 6.79. The van der Waals surface area contributed by atoms with Crippen molar-refractivity contribution in [3.05, 3.63) is 12.2 Å². The lowest BCUT2D eigenvalue weighted by Crippen LogP contribution is -2.42. The molecule has 23 heavy (non-hydrogen) atoms. The third-order valence-electron chi connectivity index (χ3n) is 4.73. The van der Waals surface area contributed by atoms with E-state index in [-0.39, 0.29) is 24.4 Å². The molecule has 0 aliphatic heterocycles. The Balaban J connectivity index is 2.79. The Labute approximate surface area is 141 Å². The van der Waals surface area contributed by atoms with Gasteiger partial charge in [-0.2, -0.15) is 0 Å². The molecule has 0 aromatic rings. The minimum atomic E-state index is -0.878. The Morgan fingerprint density at radius 3 is 2.70 bits per heavy atom. The van der Waals surface area contributed by atoms with Crippen LogP contribution in [0.3, 0.4) is 0 Å². The molecule has 1 N–H and O–H groups in total. The smallest absolute Gasteiger partial charge is 0.303 e. The highest BCUT2D eigenvalue weighted by Crippen LogP contribution is 2.38. The first-order valence-electron chi connectivity index (χ1n) is 9.02. The zero-order valence-electron chi connectivity index (χ0n) is 14.9. The normalized spacial score (nSPS) is 19.7. The lowest BCUT2D eigenvalue weighted by Gasteiger charge is -2.39. The monoisotopic (exact) mass is 320 g/mol. The van der Waals surface area contributed by atoms with Crippen LogP contribution in [0.2, 0.25) is 0 Å². The van der Waals surface area contributed by atoms with E-state index in [0.717, 1.165) is 32.1 Å². The van der Waals surface area contributed by atoms with Crippen LogP contribution in [0.15, 0.2) is 12.2 Å². The SMILES string of the molecule is CCCC/C=C/[C@](O)(C1CCCCC1)[C@@H](C)C#CCOC(C)=O. The standard InChI is InChI=1S/C20H32O3/c1-4-5-6-10-15-20(22,19-13-8-7-9-14-19)17(2)12-11-16-23-18(3)21/h10,15,17,19,22H,4-9,13-14,16H2,1-3H3/b15-10+/t17-,20+/m0/s1. The van der Waals surface area contributed by atoms with E-state index < -0.39 is 5.60 Å². The van der Waals surface area contributed by atoms with Gasteiger partial charge in [0.25, 0.3) is 0 Å². The van der Waals surface area contributed by atoms with E-state index in [9.17, 15) is 9.90 Å². The van der Waals surface area contributed by atoms with E-state index in [4.69, 9.17) is 4.74 Å². The van der Waals surface area contributed by atoms with Crippen LogP contribution in [0, 0.1) is 23.7 Å². The number of carbonyl (C=O) groups excluding carboxylic acids is 1. The highest BCUT2D eigenvalue weighted by Gasteiger charge is 2.39. The molecule has 1 aliphatic carbocycles. The zero-order valence-corrected chi connectivity index (χ0v) is 14.9. The van der Waals surface area contributed by atoms with Crippen molar-refractivity contribution in [2.45, 2.75) is 77.7 Å². The Hall–Kier alpha value is -1.27. The lowest BCUT2D eigenvalue weighted by molar-refractivity contribution is -0.139. The second-order valence-corrected chi connectivity index (χ2v) is 6.59. The fraction of sp³-hybridized carbons (Fsp3) is 0.750. The zero-order chi connectivity index (χ0) is 17.1. The van der Waals surface area contributed by atoms with Crippen LogP contribution in [0.25, 0.3) is 0 Å². The maximum atomic E-state index is 11.3. The summed E-state index contributed by atoms with van der Waals surface area (Å²) in [6.45, 7) is 5.61. The topological polar surface area (TPSA) is 46.5 Å². The maximum absolute atomic E-state index is 11.3. The molecule has 0 aromatic carbocycles. The number of esters is 1. The van der Waals surface area contributed by atoms with Crippen molar-refractivity contribution in [1.29, 1.82) is 0 Å². The summed E-state index contributed by atoms with van der Waals surface area (Å²) in [7, 11) is 0. The summed E-state index contributed by atoms with van der Waals surface area (Å²) in [5.41, 5.74) is -0.878.